The lowest BCUT2D eigenvalue weighted by molar-refractivity contribution is -0.0131. The molecule has 1 fully saturated rings. The molecule has 4 heteroatoms. The molecule has 3 unspecified atom stereocenters. The van der Waals surface area contributed by atoms with E-state index in [4.69, 9.17) is 0 Å². The summed E-state index contributed by atoms with van der Waals surface area (Å²) in [5.41, 5.74) is -0.234. The molecule has 1 aromatic carbocycles. The summed E-state index contributed by atoms with van der Waals surface area (Å²) in [4.78, 5) is 0. The van der Waals surface area contributed by atoms with Crippen LogP contribution in [-0.4, -0.2) is 11.2 Å². The highest BCUT2D eigenvalue weighted by atomic mass is 79.9. The quantitative estimate of drug-likeness (QED) is 0.744. The normalized spacial score (nSPS) is 26.9. The molecule has 21 heavy (non-hydrogen) atoms. The van der Waals surface area contributed by atoms with Gasteiger partial charge in [-0.2, -0.15) is 0 Å². The average Bonchev–Trinajstić information content (AvgIpc) is 2.39. The summed E-state index contributed by atoms with van der Waals surface area (Å²) in [5, 5.41) is 10.3. The lowest BCUT2D eigenvalue weighted by atomic mass is 9.65. The molecule has 118 valence electrons. The van der Waals surface area contributed by atoms with Gasteiger partial charge in [0.2, 0.25) is 0 Å². The largest absolute Gasteiger partial charge is 0.393 e. The predicted molar refractivity (Wildman–Crippen MR) is 84.1 cm³/mol. The summed E-state index contributed by atoms with van der Waals surface area (Å²) in [6.07, 6.45) is 2.65. The Morgan fingerprint density at radius 3 is 2.57 bits per heavy atom. The van der Waals surface area contributed by atoms with Crippen LogP contribution >= 0.6 is 15.9 Å². The summed E-state index contributed by atoms with van der Waals surface area (Å²) in [6.45, 7) is 6.13. The van der Waals surface area contributed by atoms with E-state index in [1.807, 2.05) is 13.8 Å². The Morgan fingerprint density at radius 2 is 1.95 bits per heavy atom. The molecule has 0 radical (unpaired) electrons. The van der Waals surface area contributed by atoms with Gasteiger partial charge in [0.15, 0.2) is 0 Å². The average molecular weight is 361 g/mol. The van der Waals surface area contributed by atoms with Gasteiger partial charge in [-0.05, 0) is 64.6 Å². The van der Waals surface area contributed by atoms with Crippen molar-refractivity contribution in [2.24, 2.45) is 17.3 Å². The van der Waals surface area contributed by atoms with Gasteiger partial charge < -0.3 is 5.11 Å². The van der Waals surface area contributed by atoms with Crippen LogP contribution in [0.15, 0.2) is 16.6 Å². The van der Waals surface area contributed by atoms with Crippen molar-refractivity contribution in [3.63, 3.8) is 0 Å². The van der Waals surface area contributed by atoms with Crippen molar-refractivity contribution in [2.45, 2.75) is 52.6 Å². The number of aliphatic hydroxyl groups is 1. The standard InChI is InChI=1S/C17H23BrF2O/c1-10-4-5-12(15(21)8-10)17(2,3)9-11-14(19)7-6-13(18)16(11)20/h6-7,10,12,15,21H,4-5,8-9H2,1-3H3. The summed E-state index contributed by atoms with van der Waals surface area (Å²) >= 11 is 3.11. The molecule has 1 aromatic rings. The molecule has 0 amide bonds. The summed E-state index contributed by atoms with van der Waals surface area (Å²) in [7, 11) is 0. The Kier molecular flexibility index (Phi) is 5.09. The van der Waals surface area contributed by atoms with E-state index in [9.17, 15) is 13.9 Å². The van der Waals surface area contributed by atoms with Gasteiger partial charge in [0.1, 0.15) is 11.6 Å². The van der Waals surface area contributed by atoms with E-state index in [0.29, 0.717) is 12.3 Å². The van der Waals surface area contributed by atoms with E-state index >= 15 is 0 Å². The SMILES string of the molecule is CC1CCC(C(C)(C)Cc2c(F)ccc(Br)c2F)C(O)C1. The zero-order valence-electron chi connectivity index (χ0n) is 12.8. The topological polar surface area (TPSA) is 20.2 Å². The van der Waals surface area contributed by atoms with Crippen LogP contribution in [0, 0.1) is 28.9 Å². The minimum absolute atomic E-state index is 0.0754. The summed E-state index contributed by atoms with van der Waals surface area (Å²) in [5.74, 6) is -0.443. The number of aliphatic hydroxyl groups excluding tert-OH is 1. The predicted octanol–water partition coefficient (Wildman–Crippen LogP) is 5.09. The van der Waals surface area contributed by atoms with Crippen molar-refractivity contribution in [3.8, 4) is 0 Å². The van der Waals surface area contributed by atoms with E-state index in [1.54, 1.807) is 0 Å². The van der Waals surface area contributed by atoms with Gasteiger partial charge >= 0.3 is 0 Å². The number of halogens is 3. The molecule has 0 bridgehead atoms. The molecular weight excluding hydrogens is 338 g/mol. The molecule has 0 heterocycles. The van der Waals surface area contributed by atoms with Crippen LogP contribution in [0.3, 0.4) is 0 Å². The van der Waals surface area contributed by atoms with Crippen LogP contribution in [0.2, 0.25) is 0 Å². The van der Waals surface area contributed by atoms with Gasteiger partial charge in [0.05, 0.1) is 10.6 Å². The fourth-order valence-electron chi connectivity index (χ4n) is 3.58. The number of rotatable bonds is 3. The highest BCUT2D eigenvalue weighted by Gasteiger charge is 2.39. The molecule has 1 saturated carbocycles. The Balaban J connectivity index is 2.23. The third kappa shape index (κ3) is 3.65. The first-order chi connectivity index (χ1) is 9.72. The fraction of sp³-hybridized carbons (Fsp3) is 0.647. The van der Waals surface area contributed by atoms with Gasteiger partial charge in [-0.1, -0.05) is 27.2 Å². The van der Waals surface area contributed by atoms with Crippen molar-refractivity contribution in [3.05, 3.63) is 33.8 Å². The smallest absolute Gasteiger partial charge is 0.143 e. The first-order valence-corrected chi connectivity index (χ1v) is 8.32. The van der Waals surface area contributed by atoms with E-state index in [1.165, 1.54) is 12.1 Å². The summed E-state index contributed by atoms with van der Waals surface area (Å²) < 4.78 is 28.4. The van der Waals surface area contributed by atoms with Crippen molar-refractivity contribution in [1.29, 1.82) is 0 Å². The van der Waals surface area contributed by atoms with Gasteiger partial charge in [-0.15, -0.1) is 0 Å². The molecular formula is C17H23BrF2O. The van der Waals surface area contributed by atoms with Gasteiger partial charge in [0.25, 0.3) is 0 Å². The number of hydrogen-bond acceptors (Lipinski definition) is 1. The maximum absolute atomic E-state index is 14.2. The lowest BCUT2D eigenvalue weighted by Crippen LogP contribution is -2.40. The van der Waals surface area contributed by atoms with Gasteiger partial charge in [0, 0.05) is 5.56 Å². The molecule has 0 aliphatic heterocycles. The second-order valence-electron chi connectivity index (χ2n) is 7.08. The van der Waals surface area contributed by atoms with Crippen LogP contribution in [0.1, 0.15) is 45.6 Å². The van der Waals surface area contributed by atoms with E-state index < -0.39 is 11.6 Å². The van der Waals surface area contributed by atoms with Crippen LogP contribution in [0.25, 0.3) is 0 Å². The van der Waals surface area contributed by atoms with Crippen molar-refractivity contribution in [2.75, 3.05) is 0 Å². The Labute approximate surface area is 133 Å². The lowest BCUT2D eigenvalue weighted by Gasteiger charge is -2.42. The summed E-state index contributed by atoms with van der Waals surface area (Å²) in [6, 6.07) is 2.68. The minimum Gasteiger partial charge on any atom is -0.393 e. The third-order valence-electron chi connectivity index (χ3n) is 4.85. The first-order valence-electron chi connectivity index (χ1n) is 7.53. The molecule has 1 N–H and O–H groups in total. The zero-order valence-corrected chi connectivity index (χ0v) is 14.4. The van der Waals surface area contributed by atoms with Crippen molar-refractivity contribution >= 4 is 15.9 Å². The molecule has 3 atom stereocenters. The molecule has 0 spiro atoms. The van der Waals surface area contributed by atoms with Crippen LogP contribution in [0.5, 0.6) is 0 Å². The molecule has 2 rings (SSSR count). The van der Waals surface area contributed by atoms with E-state index in [-0.39, 0.29) is 27.5 Å². The zero-order chi connectivity index (χ0) is 15.8. The number of hydrogen-bond donors (Lipinski definition) is 1. The van der Waals surface area contributed by atoms with Crippen LogP contribution < -0.4 is 0 Å². The van der Waals surface area contributed by atoms with Crippen LogP contribution in [-0.2, 0) is 6.42 Å². The fourth-order valence-corrected chi connectivity index (χ4v) is 3.95. The van der Waals surface area contributed by atoms with Crippen molar-refractivity contribution in [1.82, 2.24) is 0 Å². The maximum atomic E-state index is 14.2. The molecule has 1 aliphatic rings. The second-order valence-corrected chi connectivity index (χ2v) is 7.93. The van der Waals surface area contributed by atoms with Gasteiger partial charge in [-0.3, -0.25) is 0 Å². The first kappa shape index (κ1) is 16.9. The van der Waals surface area contributed by atoms with E-state index in [2.05, 4.69) is 22.9 Å². The second kappa shape index (κ2) is 6.33. The molecule has 0 saturated heterocycles. The number of benzene rings is 1. The Bertz CT molecular complexity index is 516. The van der Waals surface area contributed by atoms with E-state index in [0.717, 1.165) is 19.3 Å². The third-order valence-corrected chi connectivity index (χ3v) is 5.47. The maximum Gasteiger partial charge on any atom is 0.143 e. The van der Waals surface area contributed by atoms with Crippen molar-refractivity contribution < 1.29 is 13.9 Å². The van der Waals surface area contributed by atoms with Gasteiger partial charge in [-0.25, -0.2) is 8.78 Å². The molecule has 1 nitrogen and oxygen atoms in total. The Morgan fingerprint density at radius 1 is 1.29 bits per heavy atom. The molecule has 0 aromatic heterocycles. The highest BCUT2D eigenvalue weighted by molar-refractivity contribution is 9.10. The molecule has 1 aliphatic carbocycles. The minimum atomic E-state index is -0.526. The highest BCUT2D eigenvalue weighted by Crippen LogP contribution is 2.43. The van der Waals surface area contributed by atoms with Crippen LogP contribution in [0.4, 0.5) is 8.78 Å². The Hall–Kier alpha value is -0.480. The monoisotopic (exact) mass is 360 g/mol.